The summed E-state index contributed by atoms with van der Waals surface area (Å²) in [6.07, 6.45) is 0. The van der Waals surface area contributed by atoms with Crippen LogP contribution < -0.4 is 15.2 Å². The number of rotatable bonds is 2. The second-order valence-corrected chi connectivity index (χ2v) is 5.32. The van der Waals surface area contributed by atoms with Gasteiger partial charge in [0.2, 0.25) is 0 Å². The average Bonchev–Trinajstić information content (AvgIpc) is 2.43. The van der Waals surface area contributed by atoms with Gasteiger partial charge in [-0.3, -0.25) is 0 Å². The Bertz CT molecular complexity index is 616. The number of aryl methyl sites for hydroxylation is 1. The number of hydrogen-bond acceptors (Lipinski definition) is 5. The summed E-state index contributed by atoms with van der Waals surface area (Å²) in [6, 6.07) is 9.65. The highest BCUT2D eigenvalue weighted by atomic mass is 32.2. The number of fused-ring (bicyclic) bond motifs is 1. The second-order valence-electron chi connectivity index (χ2n) is 4.25. The Morgan fingerprint density at radius 2 is 1.89 bits per heavy atom. The summed E-state index contributed by atoms with van der Waals surface area (Å²) < 4.78 is 11.1. The van der Waals surface area contributed by atoms with E-state index in [1.54, 1.807) is 0 Å². The molecule has 98 valence electrons. The number of anilines is 1. The third-order valence-corrected chi connectivity index (χ3v) is 3.77. The first kappa shape index (κ1) is 12.2. The van der Waals surface area contributed by atoms with Gasteiger partial charge in [-0.25, -0.2) is 4.98 Å². The van der Waals surface area contributed by atoms with Crippen LogP contribution in [0.3, 0.4) is 0 Å². The Balaban J connectivity index is 1.89. The zero-order chi connectivity index (χ0) is 13.2. The lowest BCUT2D eigenvalue weighted by molar-refractivity contribution is 0.171. The van der Waals surface area contributed by atoms with Crippen molar-refractivity contribution < 1.29 is 9.47 Å². The molecular weight excluding hydrogens is 260 g/mol. The van der Waals surface area contributed by atoms with Gasteiger partial charge in [-0.15, -0.1) is 0 Å². The van der Waals surface area contributed by atoms with Gasteiger partial charge in [0.1, 0.15) is 18.2 Å². The summed E-state index contributed by atoms with van der Waals surface area (Å²) in [6.45, 7) is 3.14. The van der Waals surface area contributed by atoms with Crippen molar-refractivity contribution in [2.75, 3.05) is 18.9 Å². The molecule has 0 saturated heterocycles. The molecular formula is C14H14N2O2S. The molecule has 0 radical (unpaired) electrons. The second kappa shape index (κ2) is 5.01. The van der Waals surface area contributed by atoms with Crippen molar-refractivity contribution in [3.8, 4) is 11.5 Å². The molecule has 0 unspecified atom stereocenters. The van der Waals surface area contributed by atoms with E-state index in [4.69, 9.17) is 15.2 Å². The zero-order valence-electron chi connectivity index (χ0n) is 10.6. The van der Waals surface area contributed by atoms with E-state index in [2.05, 4.69) is 4.98 Å². The van der Waals surface area contributed by atoms with Crippen LogP contribution in [0.4, 0.5) is 5.69 Å². The predicted molar refractivity (Wildman–Crippen MR) is 74.9 cm³/mol. The first-order valence-electron chi connectivity index (χ1n) is 6.03. The molecule has 0 spiro atoms. The van der Waals surface area contributed by atoms with Gasteiger partial charge in [0.25, 0.3) is 0 Å². The molecule has 3 rings (SSSR count). The molecule has 2 aromatic rings. The van der Waals surface area contributed by atoms with Gasteiger partial charge in [-0.1, -0.05) is 11.8 Å². The minimum Gasteiger partial charge on any atom is -0.486 e. The number of nitrogen functional groups attached to an aromatic ring is 1. The minimum atomic E-state index is 0.589. The van der Waals surface area contributed by atoms with Crippen LogP contribution >= 0.6 is 11.8 Å². The number of ether oxygens (including phenoxy) is 2. The molecule has 0 fully saturated rings. The number of pyridine rings is 1. The average molecular weight is 274 g/mol. The zero-order valence-corrected chi connectivity index (χ0v) is 11.4. The van der Waals surface area contributed by atoms with Crippen molar-refractivity contribution in [1.82, 2.24) is 4.98 Å². The van der Waals surface area contributed by atoms with Gasteiger partial charge in [0.15, 0.2) is 11.5 Å². The maximum absolute atomic E-state index is 5.94. The van der Waals surface area contributed by atoms with Gasteiger partial charge < -0.3 is 15.2 Å². The van der Waals surface area contributed by atoms with Crippen molar-refractivity contribution in [2.45, 2.75) is 16.8 Å². The molecule has 2 N–H and O–H groups in total. The third kappa shape index (κ3) is 2.61. The van der Waals surface area contributed by atoms with Crippen LogP contribution in [0.25, 0.3) is 0 Å². The third-order valence-electron chi connectivity index (χ3n) is 2.76. The predicted octanol–water partition coefficient (Wildman–Crippen LogP) is 2.89. The number of nitrogens with zero attached hydrogens (tertiary/aromatic N) is 1. The van der Waals surface area contributed by atoms with Gasteiger partial charge in [0.05, 0.1) is 5.69 Å². The van der Waals surface area contributed by atoms with Crippen molar-refractivity contribution >= 4 is 17.4 Å². The van der Waals surface area contributed by atoms with Crippen molar-refractivity contribution in [1.29, 1.82) is 0 Å². The van der Waals surface area contributed by atoms with E-state index in [9.17, 15) is 0 Å². The number of nitrogens with two attached hydrogens (primary N) is 1. The number of hydrogen-bond donors (Lipinski definition) is 1. The molecule has 5 heteroatoms. The van der Waals surface area contributed by atoms with Gasteiger partial charge in [-0.05, 0) is 37.3 Å². The summed E-state index contributed by atoms with van der Waals surface area (Å²) in [5.74, 6) is 1.57. The van der Waals surface area contributed by atoms with Crippen LogP contribution in [0.5, 0.6) is 11.5 Å². The van der Waals surface area contributed by atoms with Crippen LogP contribution in [0.1, 0.15) is 5.69 Å². The molecule has 0 amide bonds. The molecule has 2 heterocycles. The molecule has 19 heavy (non-hydrogen) atoms. The molecule has 0 aliphatic carbocycles. The van der Waals surface area contributed by atoms with E-state index in [0.29, 0.717) is 18.9 Å². The van der Waals surface area contributed by atoms with E-state index in [-0.39, 0.29) is 0 Å². The molecule has 0 bridgehead atoms. The number of aromatic nitrogens is 1. The molecule has 0 saturated carbocycles. The highest BCUT2D eigenvalue weighted by Gasteiger charge is 2.13. The number of benzene rings is 1. The quantitative estimate of drug-likeness (QED) is 0.912. The lowest BCUT2D eigenvalue weighted by Gasteiger charge is -2.18. The molecule has 1 aromatic heterocycles. The van der Waals surface area contributed by atoms with E-state index >= 15 is 0 Å². The first-order valence-corrected chi connectivity index (χ1v) is 6.84. The smallest absolute Gasteiger partial charge is 0.162 e. The molecule has 1 aliphatic heterocycles. The lowest BCUT2D eigenvalue weighted by atomic mass is 10.3. The summed E-state index contributed by atoms with van der Waals surface area (Å²) >= 11 is 1.53. The van der Waals surface area contributed by atoms with Crippen molar-refractivity contribution in [2.24, 2.45) is 0 Å². The lowest BCUT2D eigenvalue weighted by Crippen LogP contribution is -2.15. The minimum absolute atomic E-state index is 0.589. The van der Waals surface area contributed by atoms with E-state index < -0.39 is 0 Å². The van der Waals surface area contributed by atoms with Crippen molar-refractivity contribution in [3.05, 3.63) is 36.0 Å². The van der Waals surface area contributed by atoms with E-state index in [1.165, 1.54) is 11.8 Å². The standard InChI is InChI=1S/C14H14N2O2S/c1-9-2-4-11(15)14(16-9)19-10-3-5-12-13(8-10)18-7-6-17-12/h2-5,8H,6-7,15H2,1H3. The fourth-order valence-corrected chi connectivity index (χ4v) is 2.73. The Labute approximate surface area is 115 Å². The Hall–Kier alpha value is -1.88. The summed E-state index contributed by atoms with van der Waals surface area (Å²) in [4.78, 5) is 5.48. The maximum Gasteiger partial charge on any atom is 0.162 e. The first-order chi connectivity index (χ1) is 9.22. The maximum atomic E-state index is 5.94. The monoisotopic (exact) mass is 274 g/mol. The Kier molecular flexibility index (Phi) is 3.21. The van der Waals surface area contributed by atoms with Gasteiger partial charge >= 0.3 is 0 Å². The molecule has 1 aromatic carbocycles. The van der Waals surface area contributed by atoms with Crippen molar-refractivity contribution in [3.63, 3.8) is 0 Å². The normalized spacial score (nSPS) is 13.3. The van der Waals surface area contributed by atoms with Crippen LogP contribution in [0, 0.1) is 6.92 Å². The van der Waals surface area contributed by atoms with Gasteiger partial charge in [0, 0.05) is 10.6 Å². The van der Waals surface area contributed by atoms with Crippen LogP contribution in [0.2, 0.25) is 0 Å². The highest BCUT2D eigenvalue weighted by Crippen LogP contribution is 2.37. The highest BCUT2D eigenvalue weighted by molar-refractivity contribution is 7.99. The summed E-state index contributed by atoms with van der Waals surface area (Å²) in [5.41, 5.74) is 7.57. The largest absolute Gasteiger partial charge is 0.486 e. The van der Waals surface area contributed by atoms with Crippen LogP contribution in [0.15, 0.2) is 40.3 Å². The fraction of sp³-hybridized carbons (Fsp3) is 0.214. The molecule has 4 nitrogen and oxygen atoms in total. The van der Waals surface area contributed by atoms with Gasteiger partial charge in [-0.2, -0.15) is 0 Å². The topological polar surface area (TPSA) is 57.4 Å². The summed E-state index contributed by atoms with van der Waals surface area (Å²) in [7, 11) is 0. The van der Waals surface area contributed by atoms with Crippen LogP contribution in [-0.2, 0) is 0 Å². The molecule has 1 aliphatic rings. The summed E-state index contributed by atoms with van der Waals surface area (Å²) in [5, 5.41) is 0.816. The van der Waals surface area contributed by atoms with Crippen LogP contribution in [-0.4, -0.2) is 18.2 Å². The Morgan fingerprint density at radius 3 is 2.74 bits per heavy atom. The van der Waals surface area contributed by atoms with E-state index in [0.717, 1.165) is 27.1 Å². The SMILES string of the molecule is Cc1ccc(N)c(Sc2ccc3c(c2)OCCO3)n1. The van der Waals surface area contributed by atoms with E-state index in [1.807, 2.05) is 37.3 Å². The molecule has 0 atom stereocenters. The fourth-order valence-electron chi connectivity index (χ4n) is 1.82. The Morgan fingerprint density at radius 1 is 1.11 bits per heavy atom.